The second-order valence-electron chi connectivity index (χ2n) is 6.22. The first kappa shape index (κ1) is 18.3. The standard InChI is InChI=1S/C20H21ClN2O3/c21-16-6-3-14(4-7-16)13-22-19(24)2-1-11-26-17-8-9-18-15(12-17)5-10-20(25)23-18/h3-4,6-9,12H,1-2,5,10-11,13H2,(H,22,24)(H,23,25). The Kier molecular flexibility index (Phi) is 6.12. The molecular formula is C20H21ClN2O3. The average Bonchev–Trinajstić information content (AvgIpc) is 2.65. The second kappa shape index (κ2) is 8.72. The van der Waals surface area contributed by atoms with Crippen LogP contribution in [0.2, 0.25) is 5.02 Å². The predicted molar refractivity (Wildman–Crippen MR) is 101 cm³/mol. The number of hydrogen-bond acceptors (Lipinski definition) is 3. The van der Waals surface area contributed by atoms with Gasteiger partial charge in [0.15, 0.2) is 0 Å². The van der Waals surface area contributed by atoms with Gasteiger partial charge in [-0.2, -0.15) is 0 Å². The first-order valence-electron chi connectivity index (χ1n) is 8.67. The highest BCUT2D eigenvalue weighted by Gasteiger charge is 2.15. The molecule has 2 aromatic rings. The Labute approximate surface area is 157 Å². The molecular weight excluding hydrogens is 352 g/mol. The van der Waals surface area contributed by atoms with Crippen molar-refractivity contribution in [1.82, 2.24) is 5.32 Å². The van der Waals surface area contributed by atoms with Crippen LogP contribution in [0.1, 0.15) is 30.4 Å². The molecule has 0 atom stereocenters. The van der Waals surface area contributed by atoms with Crippen LogP contribution in [0.15, 0.2) is 42.5 Å². The Morgan fingerprint density at radius 3 is 2.77 bits per heavy atom. The molecule has 0 fully saturated rings. The third-order valence-corrected chi connectivity index (χ3v) is 4.44. The van der Waals surface area contributed by atoms with Crippen molar-refractivity contribution in [2.45, 2.75) is 32.2 Å². The van der Waals surface area contributed by atoms with Gasteiger partial charge in [-0.25, -0.2) is 0 Å². The fourth-order valence-electron chi connectivity index (χ4n) is 2.76. The van der Waals surface area contributed by atoms with E-state index in [1.807, 2.05) is 30.3 Å². The van der Waals surface area contributed by atoms with Crippen LogP contribution in [0, 0.1) is 0 Å². The highest BCUT2D eigenvalue weighted by atomic mass is 35.5. The van der Waals surface area contributed by atoms with E-state index in [1.165, 1.54) is 0 Å². The SMILES string of the molecule is O=C(CCCOc1ccc2c(c1)CCC(=O)N2)NCc1ccc(Cl)cc1. The van der Waals surface area contributed by atoms with E-state index >= 15 is 0 Å². The largest absolute Gasteiger partial charge is 0.494 e. The smallest absolute Gasteiger partial charge is 0.224 e. The van der Waals surface area contributed by atoms with E-state index in [2.05, 4.69) is 10.6 Å². The van der Waals surface area contributed by atoms with Crippen molar-refractivity contribution in [1.29, 1.82) is 0 Å². The van der Waals surface area contributed by atoms with Crippen molar-refractivity contribution >= 4 is 29.1 Å². The summed E-state index contributed by atoms with van der Waals surface area (Å²) in [5, 5.41) is 6.41. The molecule has 136 valence electrons. The van der Waals surface area contributed by atoms with Crippen LogP contribution in [-0.2, 0) is 22.6 Å². The van der Waals surface area contributed by atoms with Crippen molar-refractivity contribution in [3.63, 3.8) is 0 Å². The van der Waals surface area contributed by atoms with E-state index in [9.17, 15) is 9.59 Å². The van der Waals surface area contributed by atoms with Gasteiger partial charge in [-0.1, -0.05) is 23.7 Å². The molecule has 2 amide bonds. The second-order valence-corrected chi connectivity index (χ2v) is 6.66. The van der Waals surface area contributed by atoms with Gasteiger partial charge < -0.3 is 15.4 Å². The summed E-state index contributed by atoms with van der Waals surface area (Å²) in [6.07, 6.45) is 2.28. The van der Waals surface area contributed by atoms with Gasteiger partial charge in [-0.05, 0) is 54.3 Å². The summed E-state index contributed by atoms with van der Waals surface area (Å²) in [6.45, 7) is 0.965. The summed E-state index contributed by atoms with van der Waals surface area (Å²) < 4.78 is 5.72. The number of nitrogens with one attached hydrogen (secondary N) is 2. The van der Waals surface area contributed by atoms with Crippen molar-refractivity contribution < 1.29 is 14.3 Å². The van der Waals surface area contributed by atoms with E-state index in [4.69, 9.17) is 16.3 Å². The van der Waals surface area contributed by atoms with Gasteiger partial charge in [0.05, 0.1) is 6.61 Å². The van der Waals surface area contributed by atoms with Gasteiger partial charge in [0.2, 0.25) is 11.8 Å². The van der Waals surface area contributed by atoms with Crippen molar-refractivity contribution in [2.75, 3.05) is 11.9 Å². The molecule has 2 aromatic carbocycles. The van der Waals surface area contributed by atoms with E-state index in [-0.39, 0.29) is 11.8 Å². The number of hydrogen-bond donors (Lipinski definition) is 2. The molecule has 3 rings (SSSR count). The average molecular weight is 373 g/mol. The maximum Gasteiger partial charge on any atom is 0.224 e. The van der Waals surface area contributed by atoms with Crippen LogP contribution >= 0.6 is 11.6 Å². The van der Waals surface area contributed by atoms with Crippen LogP contribution in [0.3, 0.4) is 0 Å². The Hall–Kier alpha value is -2.53. The molecule has 5 nitrogen and oxygen atoms in total. The van der Waals surface area contributed by atoms with E-state index < -0.39 is 0 Å². The normalized spacial score (nSPS) is 12.9. The highest BCUT2D eigenvalue weighted by molar-refractivity contribution is 6.30. The molecule has 1 aliphatic heterocycles. The van der Waals surface area contributed by atoms with Crippen molar-refractivity contribution in [3.8, 4) is 5.75 Å². The number of benzene rings is 2. The zero-order chi connectivity index (χ0) is 18.4. The van der Waals surface area contributed by atoms with Crippen LogP contribution in [0.25, 0.3) is 0 Å². The highest BCUT2D eigenvalue weighted by Crippen LogP contribution is 2.26. The molecule has 0 saturated carbocycles. The predicted octanol–water partition coefficient (Wildman–Crippen LogP) is 3.70. The van der Waals surface area contributed by atoms with Gasteiger partial charge in [-0.3, -0.25) is 9.59 Å². The lowest BCUT2D eigenvalue weighted by Crippen LogP contribution is -2.23. The summed E-state index contributed by atoms with van der Waals surface area (Å²) in [5.74, 6) is 0.814. The molecule has 26 heavy (non-hydrogen) atoms. The van der Waals surface area contributed by atoms with Gasteiger partial charge >= 0.3 is 0 Å². The Balaban J connectivity index is 1.36. The topological polar surface area (TPSA) is 67.4 Å². The molecule has 0 saturated heterocycles. The maximum absolute atomic E-state index is 11.9. The van der Waals surface area contributed by atoms with Crippen molar-refractivity contribution in [3.05, 3.63) is 58.6 Å². The number of anilines is 1. The third-order valence-electron chi connectivity index (χ3n) is 4.19. The van der Waals surface area contributed by atoms with Crippen LogP contribution < -0.4 is 15.4 Å². The van der Waals surface area contributed by atoms with Crippen LogP contribution in [0.5, 0.6) is 5.75 Å². The number of carbonyl (C=O) groups excluding carboxylic acids is 2. The minimum Gasteiger partial charge on any atom is -0.494 e. The van der Waals surface area contributed by atoms with E-state index in [0.29, 0.717) is 37.4 Å². The molecule has 0 spiro atoms. The summed E-state index contributed by atoms with van der Waals surface area (Å²) in [6, 6.07) is 13.1. The van der Waals surface area contributed by atoms with E-state index in [0.717, 1.165) is 29.0 Å². The number of halogens is 1. The van der Waals surface area contributed by atoms with Gasteiger partial charge in [0.25, 0.3) is 0 Å². The molecule has 1 aliphatic rings. The third kappa shape index (κ3) is 5.23. The van der Waals surface area contributed by atoms with E-state index in [1.54, 1.807) is 12.1 Å². The molecule has 6 heteroatoms. The minimum atomic E-state index is -0.00305. The Morgan fingerprint density at radius 1 is 1.15 bits per heavy atom. The fourth-order valence-corrected chi connectivity index (χ4v) is 2.89. The molecule has 0 radical (unpaired) electrons. The quantitative estimate of drug-likeness (QED) is 0.728. The summed E-state index contributed by atoms with van der Waals surface area (Å²) in [5.41, 5.74) is 2.96. The first-order chi connectivity index (χ1) is 12.6. The zero-order valence-corrected chi connectivity index (χ0v) is 15.1. The summed E-state index contributed by atoms with van der Waals surface area (Å²) in [7, 11) is 0. The van der Waals surface area contributed by atoms with Gasteiger partial charge in [0.1, 0.15) is 5.75 Å². The Morgan fingerprint density at radius 2 is 1.96 bits per heavy atom. The lowest BCUT2D eigenvalue weighted by molar-refractivity contribution is -0.121. The summed E-state index contributed by atoms with van der Waals surface area (Å²) in [4.78, 5) is 23.2. The summed E-state index contributed by atoms with van der Waals surface area (Å²) >= 11 is 5.84. The van der Waals surface area contributed by atoms with Crippen LogP contribution in [-0.4, -0.2) is 18.4 Å². The molecule has 2 N–H and O–H groups in total. The number of ether oxygens (including phenoxy) is 1. The number of rotatable bonds is 7. The molecule has 0 unspecified atom stereocenters. The number of fused-ring (bicyclic) bond motifs is 1. The minimum absolute atomic E-state index is 0.00305. The molecule has 0 aliphatic carbocycles. The monoisotopic (exact) mass is 372 g/mol. The van der Waals surface area contributed by atoms with Gasteiger partial charge in [0, 0.05) is 30.1 Å². The maximum atomic E-state index is 11.9. The number of aryl methyl sites for hydroxylation is 1. The molecule has 1 heterocycles. The number of carbonyl (C=O) groups is 2. The zero-order valence-electron chi connectivity index (χ0n) is 14.4. The molecule has 0 aromatic heterocycles. The molecule has 0 bridgehead atoms. The van der Waals surface area contributed by atoms with Crippen molar-refractivity contribution in [2.24, 2.45) is 0 Å². The van der Waals surface area contributed by atoms with Crippen LogP contribution in [0.4, 0.5) is 5.69 Å². The first-order valence-corrected chi connectivity index (χ1v) is 9.05. The lowest BCUT2D eigenvalue weighted by atomic mass is 10.0. The van der Waals surface area contributed by atoms with Gasteiger partial charge in [-0.15, -0.1) is 0 Å². The Bertz CT molecular complexity index is 790. The number of amides is 2. The fraction of sp³-hybridized carbons (Fsp3) is 0.300. The lowest BCUT2D eigenvalue weighted by Gasteiger charge is -2.17.